The zero-order valence-electron chi connectivity index (χ0n) is 15.3. The Morgan fingerprint density at radius 2 is 1.00 bits per heavy atom. The van der Waals surface area contributed by atoms with Crippen LogP contribution in [0.2, 0.25) is 0 Å². The highest BCUT2D eigenvalue weighted by Crippen LogP contribution is 2.43. The minimum absolute atomic E-state index is 0.0733. The lowest BCUT2D eigenvalue weighted by atomic mass is 9.86. The van der Waals surface area contributed by atoms with Crippen molar-refractivity contribution in [2.75, 3.05) is 0 Å². The summed E-state index contributed by atoms with van der Waals surface area (Å²) >= 11 is 0. The maximum Gasteiger partial charge on any atom is 0.460 e. The molecule has 0 atom stereocenters. The molecule has 0 heterocycles. The average Bonchev–Trinajstić information content (AvgIpc) is 2.46. The normalized spacial score (nSPS) is 12.3. The van der Waals surface area contributed by atoms with Gasteiger partial charge >= 0.3 is 8.60 Å². The topological polar surface area (TPSA) is 38.7 Å². The highest BCUT2D eigenvalue weighted by Gasteiger charge is 2.24. The van der Waals surface area contributed by atoms with Crippen molar-refractivity contribution in [3.63, 3.8) is 0 Å². The van der Waals surface area contributed by atoms with Gasteiger partial charge in [-0.2, -0.15) is 0 Å². The van der Waals surface area contributed by atoms with Gasteiger partial charge in [0.25, 0.3) is 0 Å². The zero-order chi connectivity index (χ0) is 18.0. The molecule has 0 aliphatic carbocycles. The fraction of sp³-hybridized carbons (Fsp3) is 0.400. The highest BCUT2D eigenvalue weighted by atomic mass is 31.2. The van der Waals surface area contributed by atoms with E-state index < -0.39 is 8.60 Å². The molecule has 0 unspecified atom stereocenters. The molecule has 4 heteroatoms. The molecule has 2 aromatic carbocycles. The molecule has 3 nitrogen and oxygen atoms in total. The molecule has 0 aliphatic rings. The van der Waals surface area contributed by atoms with E-state index in [9.17, 15) is 4.89 Å². The molecule has 0 radical (unpaired) electrons. The zero-order valence-corrected chi connectivity index (χ0v) is 16.2. The average molecular weight is 346 g/mol. The summed E-state index contributed by atoms with van der Waals surface area (Å²) in [5.74, 6) is 1.32. The second-order valence-electron chi connectivity index (χ2n) is 7.91. The van der Waals surface area contributed by atoms with Crippen LogP contribution in [0.15, 0.2) is 48.5 Å². The van der Waals surface area contributed by atoms with E-state index in [-0.39, 0.29) is 10.8 Å². The van der Waals surface area contributed by atoms with Gasteiger partial charge in [-0.25, -0.2) is 0 Å². The Balaban J connectivity index is 2.21. The largest absolute Gasteiger partial charge is 0.460 e. The van der Waals surface area contributed by atoms with Crippen LogP contribution < -0.4 is 9.05 Å². The third-order valence-electron chi connectivity index (χ3n) is 3.74. The maximum atomic E-state index is 10.4. The van der Waals surface area contributed by atoms with Crippen LogP contribution in [0.1, 0.15) is 52.7 Å². The van der Waals surface area contributed by atoms with Gasteiger partial charge in [0.05, 0.1) is 0 Å². The predicted octanol–water partition coefficient (Wildman–Crippen LogP) is 5.96. The summed E-state index contributed by atoms with van der Waals surface area (Å²) in [4.78, 5) is 10.4. The molecule has 1 N–H and O–H groups in total. The smallest absolute Gasteiger partial charge is 0.418 e. The summed E-state index contributed by atoms with van der Waals surface area (Å²) in [5, 5.41) is 0. The Labute approximate surface area is 146 Å². The predicted molar refractivity (Wildman–Crippen MR) is 101 cm³/mol. The first kappa shape index (κ1) is 18.8. The van der Waals surface area contributed by atoms with Crippen LogP contribution in [-0.2, 0) is 10.8 Å². The van der Waals surface area contributed by atoms with Gasteiger partial charge in [0.2, 0.25) is 0 Å². The highest BCUT2D eigenvalue weighted by molar-refractivity contribution is 7.41. The third kappa shape index (κ3) is 4.72. The first-order valence-corrected chi connectivity index (χ1v) is 9.26. The fourth-order valence-electron chi connectivity index (χ4n) is 2.52. The molecular formula is C20H27O3P. The first-order valence-electron chi connectivity index (χ1n) is 8.13. The quantitative estimate of drug-likeness (QED) is 0.694. The molecule has 0 saturated heterocycles. The Hall–Kier alpha value is -1.57. The summed E-state index contributed by atoms with van der Waals surface area (Å²) < 4.78 is 11.5. The number of para-hydroxylation sites is 2. The summed E-state index contributed by atoms with van der Waals surface area (Å²) in [6.45, 7) is 12.7. The molecule has 0 saturated carbocycles. The van der Waals surface area contributed by atoms with Crippen LogP contribution in [0.25, 0.3) is 0 Å². The minimum Gasteiger partial charge on any atom is -0.418 e. The molecule has 0 amide bonds. The molecule has 0 aromatic heterocycles. The van der Waals surface area contributed by atoms with E-state index in [2.05, 4.69) is 41.5 Å². The molecule has 24 heavy (non-hydrogen) atoms. The van der Waals surface area contributed by atoms with E-state index in [0.717, 1.165) is 11.1 Å². The number of hydrogen-bond acceptors (Lipinski definition) is 3. The van der Waals surface area contributed by atoms with E-state index in [4.69, 9.17) is 9.05 Å². The van der Waals surface area contributed by atoms with Crippen molar-refractivity contribution in [3.05, 3.63) is 59.7 Å². The van der Waals surface area contributed by atoms with Crippen LogP contribution in [-0.4, -0.2) is 4.89 Å². The molecule has 0 aliphatic heterocycles. The van der Waals surface area contributed by atoms with E-state index in [1.165, 1.54) is 0 Å². The SMILES string of the molecule is CC(C)(C)c1ccccc1OP(O)Oc1ccccc1C(C)(C)C. The summed E-state index contributed by atoms with van der Waals surface area (Å²) in [5.41, 5.74) is 1.94. The second kappa shape index (κ2) is 7.13. The fourth-order valence-corrected chi connectivity index (χ4v) is 3.21. The number of hydrogen-bond donors (Lipinski definition) is 1. The van der Waals surface area contributed by atoms with Gasteiger partial charge in [0.1, 0.15) is 11.5 Å². The Morgan fingerprint density at radius 1 is 0.667 bits per heavy atom. The standard InChI is InChI=1S/C20H27O3P/c1-19(2,3)15-11-7-9-13-17(15)22-24(21)23-18-14-10-8-12-16(18)20(4,5)6/h7-14,21H,1-6H3. The van der Waals surface area contributed by atoms with Crippen molar-refractivity contribution in [3.8, 4) is 11.5 Å². The van der Waals surface area contributed by atoms with Crippen LogP contribution in [0.4, 0.5) is 0 Å². The Morgan fingerprint density at radius 3 is 1.33 bits per heavy atom. The van der Waals surface area contributed by atoms with Crippen molar-refractivity contribution < 1.29 is 13.9 Å². The van der Waals surface area contributed by atoms with E-state index in [1.54, 1.807) is 0 Å². The molecule has 2 rings (SSSR count). The first-order chi connectivity index (χ1) is 11.1. The third-order valence-corrected chi connectivity index (χ3v) is 4.45. The summed E-state index contributed by atoms with van der Waals surface area (Å²) in [6, 6.07) is 15.5. The monoisotopic (exact) mass is 346 g/mol. The number of rotatable bonds is 4. The van der Waals surface area contributed by atoms with Crippen molar-refractivity contribution in [1.29, 1.82) is 0 Å². The van der Waals surface area contributed by atoms with Crippen LogP contribution in [0, 0.1) is 0 Å². The van der Waals surface area contributed by atoms with Gasteiger partial charge in [0, 0.05) is 11.1 Å². The van der Waals surface area contributed by atoms with Crippen molar-refractivity contribution in [2.45, 2.75) is 52.4 Å². The molecule has 0 bridgehead atoms. The molecule has 130 valence electrons. The van der Waals surface area contributed by atoms with Gasteiger partial charge in [0.15, 0.2) is 0 Å². The minimum atomic E-state index is -2.06. The van der Waals surface area contributed by atoms with Crippen LogP contribution in [0.5, 0.6) is 11.5 Å². The lowest BCUT2D eigenvalue weighted by Crippen LogP contribution is -2.14. The van der Waals surface area contributed by atoms with Crippen LogP contribution in [0.3, 0.4) is 0 Å². The maximum absolute atomic E-state index is 10.4. The van der Waals surface area contributed by atoms with Crippen molar-refractivity contribution in [1.82, 2.24) is 0 Å². The van der Waals surface area contributed by atoms with Crippen molar-refractivity contribution in [2.24, 2.45) is 0 Å². The Kier molecular flexibility index (Phi) is 5.57. The summed E-state index contributed by atoms with van der Waals surface area (Å²) in [6.07, 6.45) is 0. The lowest BCUT2D eigenvalue weighted by Gasteiger charge is -2.25. The molecular weight excluding hydrogens is 319 g/mol. The number of benzene rings is 2. The lowest BCUT2D eigenvalue weighted by molar-refractivity contribution is 0.371. The van der Waals surface area contributed by atoms with Gasteiger partial charge in [-0.15, -0.1) is 0 Å². The van der Waals surface area contributed by atoms with Gasteiger partial charge in [-0.05, 0) is 23.0 Å². The second-order valence-corrected chi connectivity index (χ2v) is 8.75. The van der Waals surface area contributed by atoms with Gasteiger partial charge in [-0.1, -0.05) is 77.9 Å². The molecule has 0 spiro atoms. The van der Waals surface area contributed by atoms with Gasteiger partial charge in [-0.3, -0.25) is 0 Å². The van der Waals surface area contributed by atoms with Crippen molar-refractivity contribution >= 4 is 8.60 Å². The van der Waals surface area contributed by atoms with E-state index in [0.29, 0.717) is 11.5 Å². The van der Waals surface area contributed by atoms with E-state index in [1.807, 2.05) is 48.5 Å². The Bertz CT molecular complexity index is 624. The van der Waals surface area contributed by atoms with Gasteiger partial charge < -0.3 is 13.9 Å². The van der Waals surface area contributed by atoms with Crippen LogP contribution >= 0.6 is 8.60 Å². The molecule has 0 fully saturated rings. The molecule has 2 aromatic rings. The van der Waals surface area contributed by atoms with E-state index >= 15 is 0 Å². The summed E-state index contributed by atoms with van der Waals surface area (Å²) in [7, 11) is -2.06.